The molecule has 0 fully saturated rings. The van der Waals surface area contributed by atoms with Gasteiger partial charge in [0.05, 0.1) is 43.5 Å². The van der Waals surface area contributed by atoms with Gasteiger partial charge in [-0.25, -0.2) is 0 Å². The van der Waals surface area contributed by atoms with E-state index in [4.69, 9.17) is 14.2 Å². The van der Waals surface area contributed by atoms with Crippen LogP contribution in [0.1, 0.15) is 27.0 Å². The summed E-state index contributed by atoms with van der Waals surface area (Å²) in [7, 11) is 4.54. The number of ether oxygens (including phenoxy) is 3. The Kier molecular flexibility index (Phi) is 7.29. The quantitative estimate of drug-likeness (QED) is 0.358. The van der Waals surface area contributed by atoms with Gasteiger partial charge in [0.25, 0.3) is 0 Å². The van der Waals surface area contributed by atoms with E-state index in [2.05, 4.69) is 5.32 Å². The number of aromatic nitrogens is 1. The molecule has 1 heterocycles. The Balaban J connectivity index is 1.76. The van der Waals surface area contributed by atoms with Crippen LogP contribution in [-0.2, 0) is 11.3 Å². The second-order valence-electron chi connectivity index (χ2n) is 8.63. The van der Waals surface area contributed by atoms with Crippen molar-refractivity contribution < 1.29 is 23.8 Å². The molecule has 0 saturated heterocycles. The fourth-order valence-corrected chi connectivity index (χ4v) is 4.08. The molecule has 8 heteroatoms. The number of ketones is 1. The summed E-state index contributed by atoms with van der Waals surface area (Å²) in [5.74, 6) is 0.717. The summed E-state index contributed by atoms with van der Waals surface area (Å²) in [6.07, 6.45) is 1.44. The van der Waals surface area contributed by atoms with Crippen molar-refractivity contribution in [3.05, 3.63) is 93.3 Å². The zero-order valence-electron chi connectivity index (χ0n) is 21.4. The third-order valence-corrected chi connectivity index (χ3v) is 6.30. The third kappa shape index (κ3) is 5.18. The molecule has 1 aromatic heterocycles. The molecule has 0 radical (unpaired) electrons. The van der Waals surface area contributed by atoms with Crippen LogP contribution in [0, 0.1) is 13.8 Å². The number of benzene rings is 3. The molecule has 4 rings (SSSR count). The first-order valence-corrected chi connectivity index (χ1v) is 11.6. The first-order valence-electron chi connectivity index (χ1n) is 11.6. The molecular weight excluding hydrogens is 472 g/mol. The number of carbonyl (C=O) groups excluding carboxylic acids is 2. The van der Waals surface area contributed by atoms with Gasteiger partial charge in [0.2, 0.25) is 11.3 Å². The van der Waals surface area contributed by atoms with Gasteiger partial charge in [-0.15, -0.1) is 0 Å². The number of hydrogen-bond donors (Lipinski definition) is 1. The molecule has 0 aliphatic carbocycles. The van der Waals surface area contributed by atoms with E-state index in [0.29, 0.717) is 34.0 Å². The topological polar surface area (TPSA) is 95.9 Å². The molecule has 0 spiro atoms. The van der Waals surface area contributed by atoms with Crippen LogP contribution in [0.2, 0.25) is 0 Å². The van der Waals surface area contributed by atoms with Crippen molar-refractivity contribution in [3.8, 4) is 17.2 Å². The Labute approximate surface area is 214 Å². The molecule has 3 aromatic carbocycles. The summed E-state index contributed by atoms with van der Waals surface area (Å²) in [5.41, 5.74) is 2.90. The first-order chi connectivity index (χ1) is 17.7. The standard InChI is InChI=1S/C29H28N2O6/c1-17-6-7-19(12-18(17)2)28(33)23-15-31(25-11-9-20(35-3)13-22(25)29(23)34)16-27(32)30-24-10-8-21(36-4)14-26(24)37-5/h6-15H,16H2,1-5H3,(H,30,32). The molecule has 0 bridgehead atoms. The molecule has 1 amide bonds. The minimum atomic E-state index is -0.425. The Bertz CT molecular complexity index is 1570. The van der Waals surface area contributed by atoms with E-state index in [9.17, 15) is 14.4 Å². The van der Waals surface area contributed by atoms with Crippen LogP contribution in [0.4, 0.5) is 5.69 Å². The van der Waals surface area contributed by atoms with Gasteiger partial charge in [-0.1, -0.05) is 12.1 Å². The summed E-state index contributed by atoms with van der Waals surface area (Å²) in [6.45, 7) is 3.72. The number of fused-ring (bicyclic) bond motifs is 1. The lowest BCUT2D eigenvalue weighted by Gasteiger charge is -2.15. The Morgan fingerprint density at radius 2 is 1.54 bits per heavy atom. The molecular formula is C29H28N2O6. The van der Waals surface area contributed by atoms with Crippen LogP contribution in [-0.4, -0.2) is 37.6 Å². The van der Waals surface area contributed by atoms with Crippen LogP contribution in [0.5, 0.6) is 17.2 Å². The Hall–Kier alpha value is -4.59. The maximum absolute atomic E-state index is 13.4. The fourth-order valence-electron chi connectivity index (χ4n) is 4.08. The predicted molar refractivity (Wildman–Crippen MR) is 142 cm³/mol. The maximum atomic E-state index is 13.4. The van der Waals surface area contributed by atoms with Crippen molar-refractivity contribution in [1.82, 2.24) is 4.57 Å². The minimum absolute atomic E-state index is 0.0289. The van der Waals surface area contributed by atoms with E-state index in [1.54, 1.807) is 60.2 Å². The Morgan fingerprint density at radius 3 is 2.22 bits per heavy atom. The van der Waals surface area contributed by atoms with E-state index in [-0.39, 0.29) is 23.4 Å². The summed E-state index contributed by atoms with van der Waals surface area (Å²) in [6, 6.07) is 15.3. The van der Waals surface area contributed by atoms with Crippen molar-refractivity contribution >= 4 is 28.3 Å². The molecule has 37 heavy (non-hydrogen) atoms. The van der Waals surface area contributed by atoms with Gasteiger partial charge in [-0.05, 0) is 61.4 Å². The number of aryl methyl sites for hydroxylation is 2. The van der Waals surface area contributed by atoms with Crippen LogP contribution < -0.4 is 25.0 Å². The van der Waals surface area contributed by atoms with Gasteiger partial charge in [0.15, 0.2) is 5.78 Å². The molecule has 8 nitrogen and oxygen atoms in total. The average molecular weight is 501 g/mol. The average Bonchev–Trinajstić information content (AvgIpc) is 2.91. The van der Waals surface area contributed by atoms with Gasteiger partial charge < -0.3 is 24.1 Å². The molecule has 0 aliphatic heterocycles. The van der Waals surface area contributed by atoms with E-state index in [0.717, 1.165) is 11.1 Å². The number of anilines is 1. The molecule has 190 valence electrons. The number of pyridine rings is 1. The molecule has 1 N–H and O–H groups in total. The van der Waals surface area contributed by atoms with Gasteiger partial charge >= 0.3 is 0 Å². The normalized spacial score (nSPS) is 10.7. The third-order valence-electron chi connectivity index (χ3n) is 6.30. The van der Waals surface area contributed by atoms with Gasteiger partial charge in [0, 0.05) is 17.8 Å². The highest BCUT2D eigenvalue weighted by molar-refractivity contribution is 6.10. The zero-order valence-corrected chi connectivity index (χ0v) is 21.4. The SMILES string of the molecule is COc1ccc(NC(=O)Cn2cc(C(=O)c3ccc(C)c(C)c3)c(=O)c3cc(OC)ccc32)c(OC)c1. The van der Waals surface area contributed by atoms with Crippen molar-refractivity contribution in [2.45, 2.75) is 20.4 Å². The van der Waals surface area contributed by atoms with Gasteiger partial charge in [-0.3, -0.25) is 14.4 Å². The predicted octanol–water partition coefficient (Wildman–Crippen LogP) is 4.51. The molecule has 0 aliphatic rings. The summed E-state index contributed by atoms with van der Waals surface area (Å²) >= 11 is 0. The number of amides is 1. The van der Waals surface area contributed by atoms with E-state index >= 15 is 0 Å². The van der Waals surface area contributed by atoms with E-state index < -0.39 is 11.2 Å². The summed E-state index contributed by atoms with van der Waals surface area (Å²) in [5, 5.41) is 3.11. The highest BCUT2D eigenvalue weighted by Crippen LogP contribution is 2.29. The van der Waals surface area contributed by atoms with E-state index in [1.807, 2.05) is 19.9 Å². The maximum Gasteiger partial charge on any atom is 0.244 e. The lowest BCUT2D eigenvalue weighted by Crippen LogP contribution is -2.24. The Morgan fingerprint density at radius 1 is 0.838 bits per heavy atom. The first kappa shape index (κ1) is 25.5. The monoisotopic (exact) mass is 500 g/mol. The minimum Gasteiger partial charge on any atom is -0.497 e. The summed E-state index contributed by atoms with van der Waals surface area (Å²) in [4.78, 5) is 39.9. The summed E-state index contributed by atoms with van der Waals surface area (Å²) < 4.78 is 17.5. The van der Waals surface area contributed by atoms with Crippen LogP contribution in [0.25, 0.3) is 10.9 Å². The number of hydrogen-bond acceptors (Lipinski definition) is 6. The molecule has 0 saturated carbocycles. The number of nitrogens with one attached hydrogen (secondary N) is 1. The smallest absolute Gasteiger partial charge is 0.244 e. The van der Waals surface area contributed by atoms with Gasteiger partial charge in [0.1, 0.15) is 23.8 Å². The number of nitrogens with zero attached hydrogens (tertiary/aromatic N) is 1. The van der Waals surface area contributed by atoms with Crippen LogP contribution in [0.15, 0.2) is 65.6 Å². The van der Waals surface area contributed by atoms with E-state index in [1.165, 1.54) is 20.4 Å². The zero-order chi connectivity index (χ0) is 26.7. The highest BCUT2D eigenvalue weighted by Gasteiger charge is 2.20. The number of rotatable bonds is 8. The number of carbonyl (C=O) groups is 2. The lowest BCUT2D eigenvalue weighted by atomic mass is 9.98. The van der Waals surface area contributed by atoms with Crippen molar-refractivity contribution in [2.75, 3.05) is 26.6 Å². The molecule has 4 aromatic rings. The molecule has 0 atom stereocenters. The van der Waals surface area contributed by atoms with Crippen molar-refractivity contribution in [2.24, 2.45) is 0 Å². The number of methoxy groups -OCH3 is 3. The lowest BCUT2D eigenvalue weighted by molar-refractivity contribution is -0.116. The highest BCUT2D eigenvalue weighted by atomic mass is 16.5. The van der Waals surface area contributed by atoms with Crippen molar-refractivity contribution in [3.63, 3.8) is 0 Å². The van der Waals surface area contributed by atoms with Crippen LogP contribution in [0.3, 0.4) is 0 Å². The van der Waals surface area contributed by atoms with Crippen molar-refractivity contribution in [1.29, 1.82) is 0 Å². The second kappa shape index (κ2) is 10.6. The second-order valence-corrected chi connectivity index (χ2v) is 8.63. The van der Waals surface area contributed by atoms with Crippen LogP contribution >= 0.6 is 0 Å². The fraction of sp³-hybridized carbons (Fsp3) is 0.207. The van der Waals surface area contributed by atoms with Gasteiger partial charge in [-0.2, -0.15) is 0 Å². The largest absolute Gasteiger partial charge is 0.497 e. The molecule has 0 unspecified atom stereocenters.